The van der Waals surface area contributed by atoms with Gasteiger partial charge in [-0.15, -0.1) is 0 Å². The third kappa shape index (κ3) is 2.55. The standard InChI is InChI=1S/C16H28O2/c1-7-14(3,4)12-11-16(18,10-9-13(12)17)15(5,6)8-2/h9-11,13,17-18H,7-8H2,1-6H3. The summed E-state index contributed by atoms with van der Waals surface area (Å²) in [6, 6.07) is 0. The molecule has 0 saturated heterocycles. The molecule has 2 heteroatoms. The summed E-state index contributed by atoms with van der Waals surface area (Å²) in [4.78, 5) is 0. The summed E-state index contributed by atoms with van der Waals surface area (Å²) in [5.74, 6) is 0. The maximum Gasteiger partial charge on any atom is 0.106 e. The molecule has 0 spiro atoms. The Morgan fingerprint density at radius 1 is 1.17 bits per heavy atom. The summed E-state index contributed by atoms with van der Waals surface area (Å²) < 4.78 is 0. The van der Waals surface area contributed by atoms with E-state index in [0.717, 1.165) is 18.4 Å². The van der Waals surface area contributed by atoms with Gasteiger partial charge in [0.05, 0.1) is 6.10 Å². The van der Waals surface area contributed by atoms with E-state index in [9.17, 15) is 10.2 Å². The Bertz CT molecular complexity index is 363. The first-order valence-electron chi connectivity index (χ1n) is 6.92. The van der Waals surface area contributed by atoms with E-state index in [1.807, 2.05) is 6.08 Å². The highest BCUT2D eigenvalue weighted by Gasteiger charge is 2.42. The zero-order valence-corrected chi connectivity index (χ0v) is 12.6. The Labute approximate surface area is 111 Å². The number of rotatable bonds is 4. The highest BCUT2D eigenvalue weighted by atomic mass is 16.3. The van der Waals surface area contributed by atoms with Crippen LogP contribution in [0.1, 0.15) is 54.4 Å². The molecule has 0 fully saturated rings. The van der Waals surface area contributed by atoms with Gasteiger partial charge in [0, 0.05) is 5.41 Å². The van der Waals surface area contributed by atoms with E-state index in [2.05, 4.69) is 41.5 Å². The summed E-state index contributed by atoms with van der Waals surface area (Å²) in [6.45, 7) is 12.5. The highest BCUT2D eigenvalue weighted by Crippen LogP contribution is 2.44. The number of aliphatic hydroxyl groups is 2. The fourth-order valence-electron chi connectivity index (χ4n) is 2.22. The lowest BCUT2D eigenvalue weighted by Gasteiger charge is -2.43. The minimum atomic E-state index is -0.969. The van der Waals surface area contributed by atoms with Crippen LogP contribution < -0.4 is 0 Å². The van der Waals surface area contributed by atoms with Crippen molar-refractivity contribution in [1.82, 2.24) is 0 Å². The first-order chi connectivity index (χ1) is 8.09. The molecule has 2 nitrogen and oxygen atoms in total. The molecule has 2 N–H and O–H groups in total. The van der Waals surface area contributed by atoms with Gasteiger partial charge < -0.3 is 10.2 Å². The molecule has 0 aromatic heterocycles. The second kappa shape index (κ2) is 4.82. The molecule has 1 aliphatic rings. The number of hydrogen-bond donors (Lipinski definition) is 2. The number of aliphatic hydroxyl groups excluding tert-OH is 1. The summed E-state index contributed by atoms with van der Waals surface area (Å²) in [5.41, 5.74) is -0.375. The van der Waals surface area contributed by atoms with E-state index in [1.54, 1.807) is 12.2 Å². The molecule has 0 saturated carbocycles. The van der Waals surface area contributed by atoms with Crippen molar-refractivity contribution in [3.05, 3.63) is 23.8 Å². The predicted molar refractivity (Wildman–Crippen MR) is 76.3 cm³/mol. The van der Waals surface area contributed by atoms with Crippen molar-refractivity contribution in [3.8, 4) is 0 Å². The van der Waals surface area contributed by atoms with Crippen molar-refractivity contribution in [2.75, 3.05) is 0 Å². The van der Waals surface area contributed by atoms with Crippen LogP contribution in [0.25, 0.3) is 0 Å². The van der Waals surface area contributed by atoms with E-state index < -0.39 is 11.7 Å². The quantitative estimate of drug-likeness (QED) is 0.752. The van der Waals surface area contributed by atoms with Gasteiger partial charge in [-0.2, -0.15) is 0 Å². The van der Waals surface area contributed by atoms with Crippen molar-refractivity contribution >= 4 is 0 Å². The molecule has 0 radical (unpaired) electrons. The minimum absolute atomic E-state index is 0.0953. The summed E-state index contributed by atoms with van der Waals surface area (Å²) in [5, 5.41) is 21.0. The van der Waals surface area contributed by atoms with Crippen molar-refractivity contribution in [1.29, 1.82) is 0 Å². The molecule has 0 aliphatic heterocycles. The molecule has 2 atom stereocenters. The van der Waals surface area contributed by atoms with Crippen molar-refractivity contribution in [3.63, 3.8) is 0 Å². The molecular formula is C16H28O2. The molecule has 0 aromatic rings. The van der Waals surface area contributed by atoms with Crippen LogP contribution in [0.3, 0.4) is 0 Å². The van der Waals surface area contributed by atoms with Gasteiger partial charge in [-0.05, 0) is 36.0 Å². The van der Waals surface area contributed by atoms with Crippen LogP contribution in [0.5, 0.6) is 0 Å². The van der Waals surface area contributed by atoms with Crippen LogP contribution in [0.15, 0.2) is 23.8 Å². The molecule has 2 unspecified atom stereocenters. The van der Waals surface area contributed by atoms with Crippen molar-refractivity contribution in [2.24, 2.45) is 10.8 Å². The molecule has 104 valence electrons. The maximum absolute atomic E-state index is 10.9. The van der Waals surface area contributed by atoms with Crippen LogP contribution in [-0.2, 0) is 0 Å². The number of hydrogen-bond acceptors (Lipinski definition) is 2. The van der Waals surface area contributed by atoms with Crippen molar-refractivity contribution < 1.29 is 10.2 Å². The summed E-state index contributed by atoms with van der Waals surface area (Å²) >= 11 is 0. The predicted octanol–water partition coefficient (Wildman–Crippen LogP) is 3.45. The lowest BCUT2D eigenvalue weighted by Crippen LogP contribution is -2.44. The van der Waals surface area contributed by atoms with E-state index >= 15 is 0 Å². The van der Waals surface area contributed by atoms with Gasteiger partial charge in [0.15, 0.2) is 0 Å². The largest absolute Gasteiger partial charge is 0.385 e. The third-order valence-electron chi connectivity index (χ3n) is 4.86. The topological polar surface area (TPSA) is 40.5 Å². The summed E-state index contributed by atoms with van der Waals surface area (Å²) in [7, 11) is 0. The van der Waals surface area contributed by atoms with Gasteiger partial charge >= 0.3 is 0 Å². The second-order valence-electron chi connectivity index (χ2n) is 6.70. The molecular weight excluding hydrogens is 224 g/mol. The second-order valence-corrected chi connectivity index (χ2v) is 6.70. The fraction of sp³-hybridized carbons (Fsp3) is 0.750. The lowest BCUT2D eigenvalue weighted by molar-refractivity contribution is 0.00915. The fourth-order valence-corrected chi connectivity index (χ4v) is 2.22. The zero-order chi connectivity index (χ0) is 14.2. The summed E-state index contributed by atoms with van der Waals surface area (Å²) in [6.07, 6.45) is 6.59. The SMILES string of the molecule is CCC(C)(C)C1=CC(O)(C(C)(C)CC)C=CC1O. The van der Waals surface area contributed by atoms with Gasteiger partial charge in [-0.1, -0.05) is 47.6 Å². The average molecular weight is 252 g/mol. The molecule has 1 rings (SSSR count). The van der Waals surface area contributed by atoms with Crippen LogP contribution in [-0.4, -0.2) is 21.9 Å². The van der Waals surface area contributed by atoms with Gasteiger partial charge in [0.25, 0.3) is 0 Å². The average Bonchev–Trinajstić information content (AvgIpc) is 2.32. The first-order valence-corrected chi connectivity index (χ1v) is 6.92. The normalized spacial score (nSPS) is 29.3. The Kier molecular flexibility index (Phi) is 4.14. The third-order valence-corrected chi connectivity index (χ3v) is 4.86. The Morgan fingerprint density at radius 2 is 1.72 bits per heavy atom. The first kappa shape index (κ1) is 15.5. The molecule has 0 amide bonds. The maximum atomic E-state index is 10.9. The zero-order valence-electron chi connectivity index (χ0n) is 12.6. The molecule has 0 heterocycles. The van der Waals surface area contributed by atoms with Gasteiger partial charge in [-0.3, -0.25) is 0 Å². The Hall–Kier alpha value is -0.600. The Morgan fingerprint density at radius 3 is 2.17 bits per heavy atom. The van der Waals surface area contributed by atoms with E-state index in [4.69, 9.17) is 0 Å². The van der Waals surface area contributed by atoms with Gasteiger partial charge in [-0.25, -0.2) is 0 Å². The van der Waals surface area contributed by atoms with E-state index in [1.165, 1.54) is 0 Å². The lowest BCUT2D eigenvalue weighted by atomic mass is 9.66. The molecule has 0 bridgehead atoms. The van der Waals surface area contributed by atoms with Gasteiger partial charge in [0.2, 0.25) is 0 Å². The smallest absolute Gasteiger partial charge is 0.106 e. The molecule has 0 aromatic carbocycles. The van der Waals surface area contributed by atoms with Crippen LogP contribution in [0, 0.1) is 10.8 Å². The van der Waals surface area contributed by atoms with E-state index in [0.29, 0.717) is 0 Å². The van der Waals surface area contributed by atoms with Gasteiger partial charge in [0.1, 0.15) is 5.60 Å². The molecule has 1 aliphatic carbocycles. The van der Waals surface area contributed by atoms with Crippen LogP contribution >= 0.6 is 0 Å². The van der Waals surface area contributed by atoms with Crippen molar-refractivity contribution in [2.45, 2.75) is 66.1 Å². The minimum Gasteiger partial charge on any atom is -0.385 e. The molecule has 18 heavy (non-hydrogen) atoms. The van der Waals surface area contributed by atoms with E-state index in [-0.39, 0.29) is 10.8 Å². The van der Waals surface area contributed by atoms with Crippen LogP contribution in [0.2, 0.25) is 0 Å². The highest BCUT2D eigenvalue weighted by molar-refractivity contribution is 5.36. The Balaban J connectivity index is 3.24. The monoisotopic (exact) mass is 252 g/mol. The van der Waals surface area contributed by atoms with Crippen LogP contribution in [0.4, 0.5) is 0 Å².